The van der Waals surface area contributed by atoms with Gasteiger partial charge in [-0.2, -0.15) is 0 Å². The average molecular weight is 262 g/mol. The van der Waals surface area contributed by atoms with Crippen LogP contribution in [0.3, 0.4) is 0 Å². The molecule has 2 rings (SSSR count). The fourth-order valence-corrected chi connectivity index (χ4v) is 2.40. The van der Waals surface area contributed by atoms with Crippen molar-refractivity contribution < 1.29 is 14.7 Å². The van der Waals surface area contributed by atoms with E-state index in [9.17, 15) is 9.59 Å². The van der Waals surface area contributed by atoms with Crippen LogP contribution >= 0.6 is 0 Å². The van der Waals surface area contributed by atoms with Crippen molar-refractivity contribution in [3.8, 4) is 0 Å². The standard InChI is InChI=1S/C14H18N2O3/c1-14(2,8-12(17)18)16-9-11(15-13(16)19)10-6-4-3-5-7-10/h3-7,11H,8-9H2,1-2H3,(H,15,19)(H,17,18). The zero-order valence-electron chi connectivity index (χ0n) is 11.1. The van der Waals surface area contributed by atoms with E-state index in [-0.39, 0.29) is 18.5 Å². The first-order chi connectivity index (χ1) is 8.90. The van der Waals surface area contributed by atoms with E-state index in [4.69, 9.17) is 5.11 Å². The van der Waals surface area contributed by atoms with E-state index in [0.29, 0.717) is 6.54 Å². The molecule has 1 aliphatic rings. The molecule has 1 heterocycles. The smallest absolute Gasteiger partial charge is 0.318 e. The maximum Gasteiger partial charge on any atom is 0.318 e. The number of carbonyl (C=O) groups is 2. The number of carbonyl (C=O) groups excluding carboxylic acids is 1. The Hall–Kier alpha value is -2.04. The van der Waals surface area contributed by atoms with Crippen molar-refractivity contribution in [1.29, 1.82) is 0 Å². The van der Waals surface area contributed by atoms with Crippen molar-refractivity contribution in [3.05, 3.63) is 35.9 Å². The highest BCUT2D eigenvalue weighted by Gasteiger charge is 2.40. The number of urea groups is 1. The molecular formula is C14H18N2O3. The van der Waals surface area contributed by atoms with Crippen LogP contribution in [-0.2, 0) is 4.79 Å². The maximum absolute atomic E-state index is 12.0. The number of nitrogens with one attached hydrogen (secondary N) is 1. The van der Waals surface area contributed by atoms with Crippen LogP contribution in [0.15, 0.2) is 30.3 Å². The van der Waals surface area contributed by atoms with Crippen LogP contribution in [0.4, 0.5) is 4.79 Å². The molecule has 5 nitrogen and oxygen atoms in total. The summed E-state index contributed by atoms with van der Waals surface area (Å²) in [5.74, 6) is -0.902. The molecule has 1 unspecified atom stereocenters. The van der Waals surface area contributed by atoms with Crippen LogP contribution in [0.2, 0.25) is 0 Å². The van der Waals surface area contributed by atoms with Crippen molar-refractivity contribution in [2.75, 3.05) is 6.54 Å². The fourth-order valence-electron chi connectivity index (χ4n) is 2.40. The Labute approximate surface area is 112 Å². The molecule has 1 aromatic carbocycles. The number of carboxylic acid groups (broad SMARTS) is 1. The molecule has 0 aromatic heterocycles. The summed E-state index contributed by atoms with van der Waals surface area (Å²) in [6, 6.07) is 9.39. The number of aliphatic carboxylic acids is 1. The quantitative estimate of drug-likeness (QED) is 0.872. The van der Waals surface area contributed by atoms with Crippen LogP contribution in [0.5, 0.6) is 0 Å². The monoisotopic (exact) mass is 262 g/mol. The second-order valence-electron chi connectivity index (χ2n) is 5.41. The molecule has 1 atom stereocenters. The molecule has 2 amide bonds. The van der Waals surface area contributed by atoms with E-state index in [1.54, 1.807) is 18.7 Å². The van der Waals surface area contributed by atoms with Gasteiger partial charge in [0.05, 0.1) is 12.5 Å². The second kappa shape index (κ2) is 4.91. The summed E-state index contributed by atoms with van der Waals surface area (Å²) < 4.78 is 0. The van der Waals surface area contributed by atoms with Gasteiger partial charge in [-0.1, -0.05) is 30.3 Å². The minimum Gasteiger partial charge on any atom is -0.481 e. The highest BCUT2D eigenvalue weighted by Crippen LogP contribution is 2.28. The maximum atomic E-state index is 12.0. The molecule has 1 fully saturated rings. The number of benzene rings is 1. The molecule has 19 heavy (non-hydrogen) atoms. The Morgan fingerprint density at radius 1 is 1.42 bits per heavy atom. The molecule has 102 valence electrons. The Morgan fingerprint density at radius 2 is 2.05 bits per heavy atom. The molecular weight excluding hydrogens is 244 g/mol. The highest BCUT2D eigenvalue weighted by molar-refractivity contribution is 5.79. The molecule has 5 heteroatoms. The van der Waals surface area contributed by atoms with Crippen molar-refractivity contribution in [3.63, 3.8) is 0 Å². The highest BCUT2D eigenvalue weighted by atomic mass is 16.4. The topological polar surface area (TPSA) is 69.6 Å². The van der Waals surface area contributed by atoms with Gasteiger partial charge in [-0.3, -0.25) is 4.79 Å². The molecule has 2 N–H and O–H groups in total. The molecule has 0 spiro atoms. The predicted molar refractivity (Wildman–Crippen MR) is 70.8 cm³/mol. The zero-order chi connectivity index (χ0) is 14.0. The molecule has 0 saturated carbocycles. The Balaban J connectivity index is 2.14. The SMILES string of the molecule is CC(C)(CC(=O)O)N1CC(c2ccccc2)NC1=O. The lowest BCUT2D eigenvalue weighted by Gasteiger charge is -2.33. The Bertz CT molecular complexity index is 485. The largest absolute Gasteiger partial charge is 0.481 e. The first kappa shape index (κ1) is 13.4. The first-order valence-corrected chi connectivity index (χ1v) is 6.25. The Morgan fingerprint density at radius 3 is 2.63 bits per heavy atom. The van der Waals surface area contributed by atoms with Crippen molar-refractivity contribution in [1.82, 2.24) is 10.2 Å². The van der Waals surface area contributed by atoms with E-state index < -0.39 is 11.5 Å². The third-order valence-corrected chi connectivity index (χ3v) is 3.42. The van der Waals surface area contributed by atoms with Crippen LogP contribution in [0.1, 0.15) is 31.9 Å². The number of nitrogens with zero attached hydrogens (tertiary/aromatic N) is 1. The average Bonchev–Trinajstić information content (AvgIpc) is 2.72. The van der Waals surface area contributed by atoms with Crippen molar-refractivity contribution in [2.45, 2.75) is 31.8 Å². The molecule has 0 aliphatic carbocycles. The summed E-state index contributed by atoms with van der Waals surface area (Å²) in [6.45, 7) is 4.03. The van der Waals surface area contributed by atoms with Gasteiger partial charge in [-0.15, -0.1) is 0 Å². The minimum absolute atomic E-state index is 0.0675. The number of rotatable bonds is 4. The summed E-state index contributed by atoms with van der Waals surface area (Å²) in [6.07, 6.45) is -0.0675. The van der Waals surface area contributed by atoms with Gasteiger partial charge < -0.3 is 15.3 Å². The van der Waals surface area contributed by atoms with Gasteiger partial charge >= 0.3 is 12.0 Å². The van der Waals surface area contributed by atoms with Crippen molar-refractivity contribution in [2.24, 2.45) is 0 Å². The van der Waals surface area contributed by atoms with Gasteiger partial charge in [-0.05, 0) is 19.4 Å². The van der Waals surface area contributed by atoms with Gasteiger partial charge in [0.1, 0.15) is 0 Å². The van der Waals surface area contributed by atoms with Gasteiger partial charge in [0.25, 0.3) is 0 Å². The normalized spacial score (nSPS) is 19.4. The van der Waals surface area contributed by atoms with E-state index in [2.05, 4.69) is 5.32 Å². The third kappa shape index (κ3) is 2.86. The van der Waals surface area contributed by atoms with Gasteiger partial charge in [0.15, 0.2) is 0 Å². The van der Waals surface area contributed by atoms with Crippen LogP contribution in [0.25, 0.3) is 0 Å². The molecule has 1 aliphatic heterocycles. The summed E-state index contributed by atoms with van der Waals surface area (Å²) in [4.78, 5) is 24.5. The summed E-state index contributed by atoms with van der Waals surface area (Å²) in [5, 5.41) is 11.8. The van der Waals surface area contributed by atoms with Crippen LogP contribution < -0.4 is 5.32 Å². The Kier molecular flexibility index (Phi) is 3.46. The van der Waals surface area contributed by atoms with Crippen LogP contribution in [0, 0.1) is 0 Å². The van der Waals surface area contributed by atoms with E-state index >= 15 is 0 Å². The third-order valence-electron chi connectivity index (χ3n) is 3.42. The lowest BCUT2D eigenvalue weighted by atomic mass is 9.98. The predicted octanol–water partition coefficient (Wildman–Crippen LogP) is 2.01. The minimum atomic E-state index is -0.902. The fraction of sp³-hybridized carbons (Fsp3) is 0.429. The summed E-state index contributed by atoms with van der Waals surface area (Å²) >= 11 is 0. The second-order valence-corrected chi connectivity index (χ2v) is 5.41. The van der Waals surface area contributed by atoms with E-state index in [1.807, 2.05) is 30.3 Å². The van der Waals surface area contributed by atoms with Crippen LogP contribution in [-0.4, -0.2) is 34.1 Å². The van der Waals surface area contributed by atoms with E-state index in [1.165, 1.54) is 0 Å². The molecule has 0 bridgehead atoms. The van der Waals surface area contributed by atoms with Gasteiger partial charge in [0.2, 0.25) is 0 Å². The zero-order valence-corrected chi connectivity index (χ0v) is 11.1. The lowest BCUT2D eigenvalue weighted by Crippen LogP contribution is -2.47. The molecule has 1 aromatic rings. The number of amides is 2. The number of carboxylic acids is 1. The molecule has 1 saturated heterocycles. The lowest BCUT2D eigenvalue weighted by molar-refractivity contribution is -0.139. The van der Waals surface area contributed by atoms with Gasteiger partial charge in [-0.25, -0.2) is 4.79 Å². The van der Waals surface area contributed by atoms with E-state index in [0.717, 1.165) is 5.56 Å². The summed E-state index contributed by atoms with van der Waals surface area (Å²) in [5.41, 5.74) is 0.337. The molecule has 0 radical (unpaired) electrons. The number of hydrogen-bond acceptors (Lipinski definition) is 2. The van der Waals surface area contributed by atoms with Gasteiger partial charge in [0, 0.05) is 12.1 Å². The summed E-state index contributed by atoms with van der Waals surface area (Å²) in [7, 11) is 0. The first-order valence-electron chi connectivity index (χ1n) is 6.25. The number of hydrogen-bond donors (Lipinski definition) is 2. The van der Waals surface area contributed by atoms with Crippen molar-refractivity contribution >= 4 is 12.0 Å².